The molecule has 2 nitrogen and oxygen atoms in total. The quantitative estimate of drug-likeness (QED) is 0.593. The number of hydrogen-bond acceptors (Lipinski definition) is 2. The first-order valence-corrected chi connectivity index (χ1v) is 7.44. The summed E-state index contributed by atoms with van der Waals surface area (Å²) < 4.78 is 0. The molecule has 0 spiro atoms. The summed E-state index contributed by atoms with van der Waals surface area (Å²) in [5, 5.41) is 0. The van der Waals surface area contributed by atoms with Crippen molar-refractivity contribution in [1.82, 2.24) is 4.90 Å². The number of hydrogen-bond donors (Lipinski definition) is 1. The second-order valence-electron chi connectivity index (χ2n) is 5.88. The normalized spacial score (nSPS) is 15.5. The van der Waals surface area contributed by atoms with E-state index in [1.54, 1.807) is 0 Å². The Morgan fingerprint density at radius 3 is 2.18 bits per heavy atom. The van der Waals surface area contributed by atoms with Gasteiger partial charge in [-0.1, -0.05) is 46.5 Å². The van der Waals surface area contributed by atoms with E-state index in [0.29, 0.717) is 12.1 Å². The van der Waals surface area contributed by atoms with Gasteiger partial charge in [-0.25, -0.2) is 0 Å². The Labute approximate surface area is 109 Å². The van der Waals surface area contributed by atoms with Gasteiger partial charge >= 0.3 is 0 Å². The van der Waals surface area contributed by atoms with Gasteiger partial charge in [0, 0.05) is 18.6 Å². The van der Waals surface area contributed by atoms with Crippen molar-refractivity contribution in [3.05, 3.63) is 0 Å². The maximum absolute atomic E-state index is 5.92. The Bertz CT molecular complexity index is 168. The van der Waals surface area contributed by atoms with Crippen LogP contribution in [0.2, 0.25) is 0 Å². The summed E-state index contributed by atoms with van der Waals surface area (Å²) in [6.07, 6.45) is 7.89. The number of nitrogens with zero attached hydrogens (tertiary/aromatic N) is 1. The highest BCUT2D eigenvalue weighted by molar-refractivity contribution is 4.75. The summed E-state index contributed by atoms with van der Waals surface area (Å²) in [5.41, 5.74) is 5.92. The van der Waals surface area contributed by atoms with E-state index in [2.05, 4.69) is 39.6 Å². The zero-order valence-corrected chi connectivity index (χ0v) is 12.7. The number of nitrogens with two attached hydrogens (primary N) is 1. The molecule has 0 rings (SSSR count). The van der Waals surface area contributed by atoms with E-state index in [1.165, 1.54) is 38.5 Å². The van der Waals surface area contributed by atoms with Gasteiger partial charge in [0.25, 0.3) is 0 Å². The maximum Gasteiger partial charge on any atom is 0.0218 e. The van der Waals surface area contributed by atoms with Gasteiger partial charge in [-0.3, -0.25) is 4.90 Å². The summed E-state index contributed by atoms with van der Waals surface area (Å²) >= 11 is 0. The molecule has 17 heavy (non-hydrogen) atoms. The molecule has 0 aliphatic carbocycles. The van der Waals surface area contributed by atoms with Crippen molar-refractivity contribution < 1.29 is 0 Å². The smallest absolute Gasteiger partial charge is 0.0218 e. The van der Waals surface area contributed by atoms with Crippen molar-refractivity contribution in [2.75, 3.05) is 13.6 Å². The third kappa shape index (κ3) is 7.77. The molecule has 0 aliphatic rings. The number of unbranched alkanes of at least 4 members (excludes halogenated alkanes) is 3. The van der Waals surface area contributed by atoms with Crippen LogP contribution >= 0.6 is 0 Å². The standard InChI is InChI=1S/C15H34N2/c1-6-7-8-9-10-15(12-16)17(5)14(4)11-13(2)3/h13-15H,6-12,16H2,1-5H3. The average Bonchev–Trinajstić information content (AvgIpc) is 2.27. The van der Waals surface area contributed by atoms with E-state index in [9.17, 15) is 0 Å². The fourth-order valence-corrected chi connectivity index (χ4v) is 2.50. The summed E-state index contributed by atoms with van der Waals surface area (Å²) in [5.74, 6) is 0.769. The lowest BCUT2D eigenvalue weighted by Crippen LogP contribution is -2.43. The van der Waals surface area contributed by atoms with E-state index in [4.69, 9.17) is 5.73 Å². The maximum atomic E-state index is 5.92. The minimum Gasteiger partial charge on any atom is -0.329 e. The van der Waals surface area contributed by atoms with Crippen LogP contribution in [0.25, 0.3) is 0 Å². The molecule has 0 aliphatic heterocycles. The predicted octanol–water partition coefficient (Wildman–Crippen LogP) is 3.65. The molecule has 0 heterocycles. The zero-order valence-electron chi connectivity index (χ0n) is 12.7. The molecule has 0 radical (unpaired) electrons. The monoisotopic (exact) mass is 242 g/mol. The second-order valence-corrected chi connectivity index (χ2v) is 5.88. The summed E-state index contributed by atoms with van der Waals surface area (Å²) in [7, 11) is 2.24. The Kier molecular flexibility index (Phi) is 9.85. The first-order valence-electron chi connectivity index (χ1n) is 7.44. The molecule has 2 unspecified atom stereocenters. The largest absolute Gasteiger partial charge is 0.329 e. The lowest BCUT2D eigenvalue weighted by atomic mass is 10.0. The van der Waals surface area contributed by atoms with Gasteiger partial charge < -0.3 is 5.73 Å². The van der Waals surface area contributed by atoms with E-state index in [-0.39, 0.29) is 0 Å². The second kappa shape index (κ2) is 9.90. The van der Waals surface area contributed by atoms with Crippen LogP contribution in [0.1, 0.15) is 66.2 Å². The van der Waals surface area contributed by atoms with Gasteiger partial charge in [0.1, 0.15) is 0 Å². The first-order chi connectivity index (χ1) is 8.02. The molecule has 0 saturated heterocycles. The van der Waals surface area contributed by atoms with Crippen LogP contribution < -0.4 is 5.73 Å². The SMILES string of the molecule is CCCCCCC(CN)N(C)C(C)CC(C)C. The van der Waals surface area contributed by atoms with Crippen molar-refractivity contribution in [3.8, 4) is 0 Å². The molecule has 0 amide bonds. The number of rotatable bonds is 10. The lowest BCUT2D eigenvalue weighted by Gasteiger charge is -2.33. The zero-order chi connectivity index (χ0) is 13.3. The molecule has 0 bridgehead atoms. The van der Waals surface area contributed by atoms with Gasteiger partial charge in [-0.2, -0.15) is 0 Å². The fraction of sp³-hybridized carbons (Fsp3) is 1.00. The highest BCUT2D eigenvalue weighted by Gasteiger charge is 2.18. The summed E-state index contributed by atoms with van der Waals surface area (Å²) in [6, 6.07) is 1.22. The molecule has 2 heteroatoms. The van der Waals surface area contributed by atoms with Gasteiger partial charge in [0.15, 0.2) is 0 Å². The lowest BCUT2D eigenvalue weighted by molar-refractivity contribution is 0.158. The number of likely N-dealkylation sites (N-methyl/N-ethyl adjacent to an activating group) is 1. The van der Waals surface area contributed by atoms with Crippen molar-refractivity contribution >= 4 is 0 Å². The van der Waals surface area contributed by atoms with E-state index in [0.717, 1.165) is 12.5 Å². The fourth-order valence-electron chi connectivity index (χ4n) is 2.50. The van der Waals surface area contributed by atoms with Gasteiger partial charge in [-0.15, -0.1) is 0 Å². The Balaban J connectivity index is 3.97. The van der Waals surface area contributed by atoms with Crippen LogP contribution in [0, 0.1) is 5.92 Å². The predicted molar refractivity (Wildman–Crippen MR) is 78.3 cm³/mol. The molecule has 0 aromatic rings. The average molecular weight is 242 g/mol. The first kappa shape index (κ1) is 16.9. The highest BCUT2D eigenvalue weighted by Crippen LogP contribution is 2.16. The van der Waals surface area contributed by atoms with Crippen LogP contribution in [0.4, 0.5) is 0 Å². The molecule has 104 valence electrons. The van der Waals surface area contributed by atoms with Crippen LogP contribution in [-0.4, -0.2) is 30.6 Å². The van der Waals surface area contributed by atoms with Gasteiger partial charge in [0.2, 0.25) is 0 Å². The van der Waals surface area contributed by atoms with E-state index >= 15 is 0 Å². The molecular weight excluding hydrogens is 208 g/mol. The summed E-state index contributed by atoms with van der Waals surface area (Å²) in [6.45, 7) is 9.98. The topological polar surface area (TPSA) is 29.3 Å². The van der Waals surface area contributed by atoms with Crippen molar-refractivity contribution in [3.63, 3.8) is 0 Å². The summed E-state index contributed by atoms with van der Waals surface area (Å²) in [4.78, 5) is 2.49. The molecule has 0 aromatic heterocycles. The van der Waals surface area contributed by atoms with Crippen LogP contribution in [-0.2, 0) is 0 Å². The van der Waals surface area contributed by atoms with E-state index < -0.39 is 0 Å². The molecule has 2 atom stereocenters. The van der Waals surface area contributed by atoms with Gasteiger partial charge in [0.05, 0.1) is 0 Å². The Morgan fingerprint density at radius 2 is 1.71 bits per heavy atom. The molecule has 0 saturated carbocycles. The van der Waals surface area contributed by atoms with Crippen LogP contribution in [0.15, 0.2) is 0 Å². The molecule has 2 N–H and O–H groups in total. The van der Waals surface area contributed by atoms with Gasteiger partial charge in [-0.05, 0) is 32.7 Å². The van der Waals surface area contributed by atoms with Crippen molar-refractivity contribution in [2.45, 2.75) is 78.3 Å². The van der Waals surface area contributed by atoms with E-state index in [1.807, 2.05) is 0 Å². The Morgan fingerprint density at radius 1 is 1.06 bits per heavy atom. The van der Waals surface area contributed by atoms with Crippen molar-refractivity contribution in [2.24, 2.45) is 11.7 Å². The highest BCUT2D eigenvalue weighted by atomic mass is 15.2. The molecule has 0 fully saturated rings. The Hall–Kier alpha value is -0.0800. The molecule has 0 aromatic carbocycles. The third-order valence-electron chi connectivity index (χ3n) is 3.75. The van der Waals surface area contributed by atoms with Crippen LogP contribution in [0.5, 0.6) is 0 Å². The minimum atomic E-state index is 0.570. The van der Waals surface area contributed by atoms with Crippen molar-refractivity contribution in [1.29, 1.82) is 0 Å². The minimum absolute atomic E-state index is 0.570. The van der Waals surface area contributed by atoms with Crippen LogP contribution in [0.3, 0.4) is 0 Å². The molecular formula is C15H34N2. The third-order valence-corrected chi connectivity index (χ3v) is 3.75.